The van der Waals surface area contributed by atoms with Gasteiger partial charge in [-0.25, -0.2) is 17.6 Å². The molecule has 0 bridgehead atoms. The highest BCUT2D eigenvalue weighted by molar-refractivity contribution is 6.55. The van der Waals surface area contributed by atoms with Crippen LogP contribution in [0.25, 0.3) is 0 Å². The molecule has 6 heteroatoms. The molecule has 0 radical (unpaired) electrons. The molecule has 0 saturated heterocycles. The van der Waals surface area contributed by atoms with Crippen molar-refractivity contribution >= 4 is 23.2 Å². The Hall–Kier alpha value is -0.740. The Kier molecular flexibility index (Phi) is 4.21. The minimum absolute atomic E-state index is 0.236. The molecule has 1 rings (SSSR count). The van der Waals surface area contributed by atoms with E-state index in [0.717, 1.165) is 13.0 Å². The van der Waals surface area contributed by atoms with E-state index in [9.17, 15) is 17.6 Å². The molecule has 1 aromatic rings. The lowest BCUT2D eigenvalue weighted by Gasteiger charge is -2.07. The highest BCUT2D eigenvalue weighted by atomic mass is 35.5. The molecule has 0 spiro atoms. The van der Waals surface area contributed by atoms with E-state index >= 15 is 0 Å². The molecule has 0 N–H and O–H groups in total. The van der Waals surface area contributed by atoms with E-state index in [2.05, 4.69) is 0 Å². The van der Waals surface area contributed by atoms with Crippen LogP contribution in [0.15, 0.2) is 10.6 Å². The standard InChI is InChI=1S/C10H6Cl2F4/c1-4-7(13)9(15)5(2-3-6(11)12)10(16)8(4)14/h3H,2H2,1H3. The van der Waals surface area contributed by atoms with Crippen molar-refractivity contribution in [2.45, 2.75) is 13.3 Å². The number of hydrogen-bond donors (Lipinski definition) is 0. The average Bonchev–Trinajstić information content (AvgIpc) is 2.23. The second-order valence-corrected chi connectivity index (χ2v) is 4.07. The maximum atomic E-state index is 13.3. The van der Waals surface area contributed by atoms with Crippen LogP contribution in [0.3, 0.4) is 0 Å². The molecular weight excluding hydrogens is 267 g/mol. The van der Waals surface area contributed by atoms with Crippen molar-refractivity contribution < 1.29 is 17.6 Å². The maximum absolute atomic E-state index is 13.3. The number of halogens is 6. The van der Waals surface area contributed by atoms with Gasteiger partial charge in [0.25, 0.3) is 0 Å². The molecule has 88 valence electrons. The van der Waals surface area contributed by atoms with Gasteiger partial charge in [0.15, 0.2) is 23.3 Å². The van der Waals surface area contributed by atoms with Crippen LogP contribution in [-0.4, -0.2) is 0 Å². The third-order valence-corrected chi connectivity index (χ3v) is 2.34. The molecule has 0 saturated carbocycles. The number of allylic oxidation sites excluding steroid dienone is 1. The molecule has 0 aliphatic rings. The Bertz CT molecular complexity index is 422. The maximum Gasteiger partial charge on any atom is 0.165 e. The molecule has 0 heterocycles. The lowest BCUT2D eigenvalue weighted by atomic mass is 10.1. The summed E-state index contributed by atoms with van der Waals surface area (Å²) in [6.07, 6.45) is 0.618. The van der Waals surface area contributed by atoms with Gasteiger partial charge in [0.2, 0.25) is 0 Å². The molecule has 0 nitrogen and oxygen atoms in total. The normalized spacial score (nSPS) is 10.4. The van der Waals surface area contributed by atoms with Gasteiger partial charge < -0.3 is 0 Å². The summed E-state index contributed by atoms with van der Waals surface area (Å²) in [7, 11) is 0. The molecule has 0 aliphatic heterocycles. The van der Waals surface area contributed by atoms with Crippen molar-refractivity contribution in [2.75, 3.05) is 0 Å². The summed E-state index contributed by atoms with van der Waals surface area (Å²) in [5, 5.41) is 0. The van der Waals surface area contributed by atoms with Crippen LogP contribution in [0.4, 0.5) is 17.6 Å². The molecule has 0 aromatic heterocycles. The van der Waals surface area contributed by atoms with Crippen molar-refractivity contribution in [2.24, 2.45) is 0 Å². The van der Waals surface area contributed by atoms with Gasteiger partial charge in [-0.3, -0.25) is 0 Å². The van der Waals surface area contributed by atoms with Crippen LogP contribution in [0.1, 0.15) is 11.1 Å². The first-order valence-electron chi connectivity index (χ1n) is 4.18. The van der Waals surface area contributed by atoms with Crippen molar-refractivity contribution in [1.29, 1.82) is 0 Å². The van der Waals surface area contributed by atoms with Crippen molar-refractivity contribution in [1.82, 2.24) is 0 Å². The van der Waals surface area contributed by atoms with Crippen LogP contribution in [0.2, 0.25) is 0 Å². The van der Waals surface area contributed by atoms with Gasteiger partial charge in [0.1, 0.15) is 4.49 Å². The zero-order valence-electron chi connectivity index (χ0n) is 8.05. The van der Waals surface area contributed by atoms with E-state index in [4.69, 9.17) is 23.2 Å². The number of benzene rings is 1. The van der Waals surface area contributed by atoms with Gasteiger partial charge in [-0.05, 0) is 19.4 Å². The third-order valence-electron chi connectivity index (χ3n) is 2.03. The first-order chi connectivity index (χ1) is 7.36. The van der Waals surface area contributed by atoms with E-state index in [1.807, 2.05) is 0 Å². The Morgan fingerprint density at radius 3 is 1.81 bits per heavy atom. The fourth-order valence-electron chi connectivity index (χ4n) is 1.15. The molecular formula is C10H6Cl2F4. The van der Waals surface area contributed by atoms with Crippen LogP contribution in [0.5, 0.6) is 0 Å². The van der Waals surface area contributed by atoms with Crippen molar-refractivity contribution in [3.05, 3.63) is 45.0 Å². The summed E-state index contributed by atoms with van der Waals surface area (Å²) in [6.45, 7) is 0.949. The summed E-state index contributed by atoms with van der Waals surface area (Å²) in [4.78, 5) is 0. The monoisotopic (exact) mass is 272 g/mol. The van der Waals surface area contributed by atoms with Gasteiger partial charge in [0.05, 0.1) is 0 Å². The molecule has 1 aromatic carbocycles. The predicted molar refractivity (Wildman–Crippen MR) is 54.5 cm³/mol. The van der Waals surface area contributed by atoms with Gasteiger partial charge in [-0.2, -0.15) is 0 Å². The number of hydrogen-bond acceptors (Lipinski definition) is 0. The number of rotatable bonds is 2. The second kappa shape index (κ2) is 5.06. The zero-order chi connectivity index (χ0) is 12.5. The van der Waals surface area contributed by atoms with E-state index < -0.39 is 40.8 Å². The lowest BCUT2D eigenvalue weighted by Crippen LogP contribution is -2.05. The quantitative estimate of drug-likeness (QED) is 0.553. The Morgan fingerprint density at radius 1 is 1.00 bits per heavy atom. The van der Waals surface area contributed by atoms with Crippen LogP contribution in [0, 0.1) is 30.2 Å². The molecule has 0 amide bonds. The van der Waals surface area contributed by atoms with E-state index in [1.54, 1.807) is 0 Å². The van der Waals surface area contributed by atoms with Gasteiger partial charge in [0, 0.05) is 11.1 Å². The van der Waals surface area contributed by atoms with Crippen LogP contribution >= 0.6 is 23.2 Å². The van der Waals surface area contributed by atoms with E-state index in [0.29, 0.717) is 0 Å². The Morgan fingerprint density at radius 2 is 1.44 bits per heavy atom. The zero-order valence-corrected chi connectivity index (χ0v) is 9.56. The van der Waals surface area contributed by atoms with Gasteiger partial charge >= 0.3 is 0 Å². The van der Waals surface area contributed by atoms with E-state index in [1.165, 1.54) is 0 Å². The van der Waals surface area contributed by atoms with Crippen molar-refractivity contribution in [3.63, 3.8) is 0 Å². The lowest BCUT2D eigenvalue weighted by molar-refractivity contribution is 0.434. The minimum Gasteiger partial charge on any atom is -0.203 e. The Balaban J connectivity index is 3.34. The summed E-state index contributed by atoms with van der Waals surface area (Å²) < 4.78 is 52.5. The van der Waals surface area contributed by atoms with Crippen molar-refractivity contribution in [3.8, 4) is 0 Å². The van der Waals surface area contributed by atoms with Crippen LogP contribution in [-0.2, 0) is 6.42 Å². The molecule has 0 fully saturated rings. The summed E-state index contributed by atoms with van der Waals surface area (Å²) in [5.74, 6) is -5.68. The average molecular weight is 273 g/mol. The highest BCUT2D eigenvalue weighted by Gasteiger charge is 2.21. The SMILES string of the molecule is Cc1c(F)c(F)c(CC=C(Cl)Cl)c(F)c1F. The summed E-state index contributed by atoms with van der Waals surface area (Å²) in [6, 6.07) is 0. The van der Waals surface area contributed by atoms with Gasteiger partial charge in [-0.15, -0.1) is 0 Å². The smallest absolute Gasteiger partial charge is 0.165 e. The largest absolute Gasteiger partial charge is 0.203 e. The minimum atomic E-state index is -1.43. The highest BCUT2D eigenvalue weighted by Crippen LogP contribution is 2.24. The Labute approximate surface area is 99.5 Å². The van der Waals surface area contributed by atoms with Crippen LogP contribution < -0.4 is 0 Å². The van der Waals surface area contributed by atoms with E-state index in [-0.39, 0.29) is 4.49 Å². The summed E-state index contributed by atoms with van der Waals surface area (Å²) >= 11 is 10.5. The fourth-order valence-corrected chi connectivity index (χ4v) is 1.30. The molecule has 0 aliphatic carbocycles. The molecule has 16 heavy (non-hydrogen) atoms. The first-order valence-corrected chi connectivity index (χ1v) is 4.94. The molecule has 0 unspecified atom stereocenters. The predicted octanol–water partition coefficient (Wildman–Crippen LogP) is 4.41. The topological polar surface area (TPSA) is 0 Å². The fraction of sp³-hybridized carbons (Fsp3) is 0.200. The third kappa shape index (κ3) is 2.50. The first kappa shape index (κ1) is 13.3. The molecule has 0 atom stereocenters. The summed E-state index contributed by atoms with van der Waals surface area (Å²) in [5.41, 5.74) is -1.43. The second-order valence-electron chi connectivity index (χ2n) is 3.06. The van der Waals surface area contributed by atoms with Gasteiger partial charge in [-0.1, -0.05) is 23.2 Å².